The number of nitrogens with zero attached hydrogens (tertiary/aromatic N) is 3. The molecule has 8 nitrogen and oxygen atoms in total. The van der Waals surface area contributed by atoms with Gasteiger partial charge in [-0.2, -0.15) is 5.26 Å². The van der Waals surface area contributed by atoms with Crippen LogP contribution in [0.4, 0.5) is 10.7 Å². The van der Waals surface area contributed by atoms with E-state index in [1.165, 1.54) is 42.5 Å². The van der Waals surface area contributed by atoms with E-state index in [2.05, 4.69) is 11.4 Å². The van der Waals surface area contributed by atoms with Crippen LogP contribution in [0.5, 0.6) is 0 Å². The number of anilines is 1. The first-order valence-electron chi connectivity index (χ1n) is 7.76. The van der Waals surface area contributed by atoms with Crippen LogP contribution in [0.1, 0.15) is 33.3 Å². The summed E-state index contributed by atoms with van der Waals surface area (Å²) in [7, 11) is 0. The fraction of sp³-hybridized carbons (Fsp3) is 0.235. The molecule has 2 heterocycles. The Labute approximate surface area is 152 Å². The molecule has 132 valence electrons. The summed E-state index contributed by atoms with van der Waals surface area (Å²) in [5, 5.41) is 23.3. The van der Waals surface area contributed by atoms with E-state index in [0.717, 1.165) is 10.4 Å². The van der Waals surface area contributed by atoms with Crippen LogP contribution < -0.4 is 5.32 Å². The molecule has 0 aliphatic carbocycles. The Hall–Kier alpha value is -3.25. The van der Waals surface area contributed by atoms with Crippen molar-refractivity contribution in [2.45, 2.75) is 19.9 Å². The van der Waals surface area contributed by atoms with Crippen molar-refractivity contribution in [3.8, 4) is 6.07 Å². The predicted octanol–water partition coefficient (Wildman–Crippen LogP) is 2.68. The molecule has 0 radical (unpaired) electrons. The van der Waals surface area contributed by atoms with Gasteiger partial charge in [-0.15, -0.1) is 11.3 Å². The number of carbonyl (C=O) groups excluding carboxylic acids is 2. The van der Waals surface area contributed by atoms with Crippen molar-refractivity contribution in [2.24, 2.45) is 0 Å². The molecule has 1 aromatic heterocycles. The number of carbonyl (C=O) groups is 2. The summed E-state index contributed by atoms with van der Waals surface area (Å²) < 4.78 is 0. The lowest BCUT2D eigenvalue weighted by molar-refractivity contribution is -0.384. The predicted molar refractivity (Wildman–Crippen MR) is 94.9 cm³/mol. The van der Waals surface area contributed by atoms with Gasteiger partial charge in [0.2, 0.25) is 5.91 Å². The number of amides is 2. The number of nitro groups is 1. The molecule has 0 saturated carbocycles. The van der Waals surface area contributed by atoms with Crippen molar-refractivity contribution < 1.29 is 14.5 Å². The maximum atomic E-state index is 12.4. The van der Waals surface area contributed by atoms with Crippen LogP contribution in [0.3, 0.4) is 0 Å². The highest BCUT2D eigenvalue weighted by Crippen LogP contribution is 2.36. The van der Waals surface area contributed by atoms with Gasteiger partial charge in [-0.25, -0.2) is 0 Å². The third kappa shape index (κ3) is 3.27. The SMILES string of the molecule is CC(=O)N1CCc2c(sc(NC(=O)c3ccc([N+](=O)[O-])cc3)c2C#N)C1. The fourth-order valence-electron chi connectivity index (χ4n) is 2.79. The summed E-state index contributed by atoms with van der Waals surface area (Å²) in [4.78, 5) is 36.7. The highest BCUT2D eigenvalue weighted by Gasteiger charge is 2.26. The molecule has 1 aliphatic heterocycles. The van der Waals surface area contributed by atoms with Gasteiger partial charge in [0.1, 0.15) is 11.1 Å². The number of benzene rings is 1. The molecular weight excluding hydrogens is 356 g/mol. The quantitative estimate of drug-likeness (QED) is 0.658. The number of rotatable bonds is 3. The Balaban J connectivity index is 1.84. The first kappa shape index (κ1) is 17.6. The molecule has 0 bridgehead atoms. The maximum Gasteiger partial charge on any atom is 0.269 e. The minimum absolute atomic E-state index is 0.0287. The number of nitrogens with one attached hydrogen (secondary N) is 1. The van der Waals surface area contributed by atoms with Crippen LogP contribution in [0, 0.1) is 21.4 Å². The van der Waals surface area contributed by atoms with Gasteiger partial charge in [-0.05, 0) is 24.1 Å². The third-order valence-corrected chi connectivity index (χ3v) is 5.31. The van der Waals surface area contributed by atoms with E-state index in [1.54, 1.807) is 4.90 Å². The molecule has 1 aromatic carbocycles. The Kier molecular flexibility index (Phi) is 4.69. The second-order valence-electron chi connectivity index (χ2n) is 5.77. The van der Waals surface area contributed by atoms with Gasteiger partial charge in [0.05, 0.1) is 17.0 Å². The Morgan fingerprint density at radius 2 is 2.04 bits per heavy atom. The fourth-order valence-corrected chi connectivity index (χ4v) is 4.00. The van der Waals surface area contributed by atoms with Crippen LogP contribution >= 0.6 is 11.3 Å². The first-order valence-corrected chi connectivity index (χ1v) is 8.58. The number of fused-ring (bicyclic) bond motifs is 1. The van der Waals surface area contributed by atoms with Gasteiger partial charge in [0, 0.05) is 36.0 Å². The van der Waals surface area contributed by atoms with Gasteiger partial charge < -0.3 is 10.2 Å². The first-order chi connectivity index (χ1) is 12.4. The highest BCUT2D eigenvalue weighted by molar-refractivity contribution is 7.16. The smallest absolute Gasteiger partial charge is 0.269 e. The number of non-ortho nitro benzene ring substituents is 1. The standard InChI is InChI=1S/C17H14N4O4S/c1-10(22)20-7-6-13-14(8-18)17(26-15(13)9-20)19-16(23)11-2-4-12(5-3-11)21(24)25/h2-5H,6-7,9H2,1H3,(H,19,23). The largest absolute Gasteiger partial charge is 0.337 e. The number of nitro benzene ring substituents is 1. The highest BCUT2D eigenvalue weighted by atomic mass is 32.1. The summed E-state index contributed by atoms with van der Waals surface area (Å²) in [5.74, 6) is -0.475. The summed E-state index contributed by atoms with van der Waals surface area (Å²) >= 11 is 1.28. The zero-order valence-corrected chi connectivity index (χ0v) is 14.6. The minimum Gasteiger partial charge on any atom is -0.337 e. The van der Waals surface area contributed by atoms with E-state index in [1.807, 2.05) is 0 Å². The van der Waals surface area contributed by atoms with Gasteiger partial charge in [0.15, 0.2) is 0 Å². The molecule has 2 aromatic rings. The van der Waals surface area contributed by atoms with Crippen molar-refractivity contribution in [3.63, 3.8) is 0 Å². The Bertz CT molecular complexity index is 943. The van der Waals surface area contributed by atoms with Gasteiger partial charge in [0.25, 0.3) is 11.6 Å². The lowest BCUT2D eigenvalue weighted by Crippen LogP contribution is -2.33. The van der Waals surface area contributed by atoms with Crippen LogP contribution in [-0.2, 0) is 17.8 Å². The molecule has 0 atom stereocenters. The van der Waals surface area contributed by atoms with Crippen molar-refractivity contribution in [1.82, 2.24) is 4.90 Å². The van der Waals surface area contributed by atoms with E-state index in [-0.39, 0.29) is 17.2 Å². The summed E-state index contributed by atoms with van der Waals surface area (Å²) in [6, 6.07) is 7.37. The summed E-state index contributed by atoms with van der Waals surface area (Å²) in [5.41, 5.74) is 1.45. The Morgan fingerprint density at radius 1 is 1.35 bits per heavy atom. The van der Waals surface area contributed by atoms with E-state index >= 15 is 0 Å². The number of nitriles is 1. The van der Waals surface area contributed by atoms with Crippen molar-refractivity contribution >= 4 is 33.8 Å². The monoisotopic (exact) mass is 370 g/mol. The van der Waals surface area contributed by atoms with Crippen LogP contribution in [-0.4, -0.2) is 28.2 Å². The number of hydrogen-bond donors (Lipinski definition) is 1. The molecule has 1 aliphatic rings. The molecule has 26 heavy (non-hydrogen) atoms. The third-order valence-electron chi connectivity index (χ3n) is 4.18. The molecule has 9 heteroatoms. The van der Waals surface area contributed by atoms with Gasteiger partial charge in [-0.1, -0.05) is 0 Å². The summed E-state index contributed by atoms with van der Waals surface area (Å²) in [6.07, 6.45) is 0.571. The van der Waals surface area contributed by atoms with Crippen LogP contribution in [0.15, 0.2) is 24.3 Å². The topological polar surface area (TPSA) is 116 Å². The molecule has 1 N–H and O–H groups in total. The van der Waals surface area contributed by atoms with E-state index < -0.39 is 10.8 Å². The van der Waals surface area contributed by atoms with Gasteiger partial charge in [-0.3, -0.25) is 19.7 Å². The average Bonchev–Trinajstić information content (AvgIpc) is 2.97. The molecule has 0 spiro atoms. The maximum absolute atomic E-state index is 12.4. The van der Waals surface area contributed by atoms with Crippen molar-refractivity contribution in [3.05, 3.63) is 55.9 Å². The lowest BCUT2D eigenvalue weighted by Gasteiger charge is -2.25. The number of hydrogen-bond acceptors (Lipinski definition) is 6. The Morgan fingerprint density at radius 3 is 2.62 bits per heavy atom. The molecule has 0 saturated heterocycles. The zero-order valence-electron chi connectivity index (χ0n) is 13.8. The number of thiophene rings is 1. The average molecular weight is 370 g/mol. The van der Waals surface area contributed by atoms with Crippen molar-refractivity contribution in [1.29, 1.82) is 5.26 Å². The van der Waals surface area contributed by atoms with E-state index in [9.17, 15) is 25.0 Å². The molecule has 0 fully saturated rings. The normalized spacial score (nSPS) is 12.8. The molecule has 3 rings (SSSR count). The van der Waals surface area contributed by atoms with Crippen molar-refractivity contribution in [2.75, 3.05) is 11.9 Å². The second kappa shape index (κ2) is 6.93. The van der Waals surface area contributed by atoms with Crippen LogP contribution in [0.2, 0.25) is 0 Å². The molecular formula is C17H14N4O4S. The van der Waals surface area contributed by atoms with Gasteiger partial charge >= 0.3 is 0 Å². The summed E-state index contributed by atoms with van der Waals surface area (Å²) in [6.45, 7) is 2.47. The van der Waals surface area contributed by atoms with E-state index in [4.69, 9.17) is 0 Å². The van der Waals surface area contributed by atoms with Crippen LogP contribution in [0.25, 0.3) is 0 Å². The minimum atomic E-state index is -0.538. The lowest BCUT2D eigenvalue weighted by atomic mass is 10.0. The molecule has 2 amide bonds. The van der Waals surface area contributed by atoms with E-state index in [0.29, 0.717) is 30.1 Å². The zero-order chi connectivity index (χ0) is 18.8. The molecule has 0 unspecified atom stereocenters. The second-order valence-corrected chi connectivity index (χ2v) is 6.87.